The van der Waals surface area contributed by atoms with E-state index in [9.17, 15) is 10.2 Å². The highest BCUT2D eigenvalue weighted by Crippen LogP contribution is 2.42. The Morgan fingerprint density at radius 3 is 2.33 bits per heavy atom. The average molecular weight is 286 g/mol. The quantitative estimate of drug-likeness (QED) is 0.879. The van der Waals surface area contributed by atoms with Crippen molar-refractivity contribution in [3.8, 4) is 28.4 Å². The highest BCUT2D eigenvalue weighted by Gasteiger charge is 2.16. The topological polar surface area (TPSA) is 49.7 Å². The zero-order valence-electron chi connectivity index (χ0n) is 13.0. The van der Waals surface area contributed by atoms with Crippen molar-refractivity contribution in [3.63, 3.8) is 0 Å². The number of aryl methyl sites for hydroxylation is 3. The van der Waals surface area contributed by atoms with Crippen LogP contribution in [0.1, 0.15) is 30.0 Å². The van der Waals surface area contributed by atoms with Crippen LogP contribution in [0.25, 0.3) is 11.1 Å². The molecular formula is C18H22O3. The van der Waals surface area contributed by atoms with E-state index in [1.54, 1.807) is 12.1 Å². The van der Waals surface area contributed by atoms with Crippen LogP contribution < -0.4 is 4.74 Å². The Morgan fingerprint density at radius 1 is 1.00 bits per heavy atom. The molecule has 0 aliphatic carbocycles. The molecular weight excluding hydrogens is 264 g/mol. The van der Waals surface area contributed by atoms with E-state index in [1.165, 1.54) is 12.7 Å². The van der Waals surface area contributed by atoms with Gasteiger partial charge in [-0.25, -0.2) is 0 Å². The Labute approximate surface area is 125 Å². The van der Waals surface area contributed by atoms with Crippen LogP contribution >= 0.6 is 0 Å². The van der Waals surface area contributed by atoms with Crippen molar-refractivity contribution < 1.29 is 14.9 Å². The van der Waals surface area contributed by atoms with E-state index in [1.807, 2.05) is 26.0 Å². The molecule has 112 valence electrons. The van der Waals surface area contributed by atoms with E-state index in [0.29, 0.717) is 16.9 Å². The molecule has 2 aromatic carbocycles. The fraction of sp³-hybridized carbons (Fsp3) is 0.333. The van der Waals surface area contributed by atoms with Crippen molar-refractivity contribution in [2.24, 2.45) is 0 Å². The van der Waals surface area contributed by atoms with Gasteiger partial charge >= 0.3 is 0 Å². The number of phenolic OH excluding ortho intramolecular Hbond substituents is 2. The van der Waals surface area contributed by atoms with Crippen LogP contribution in [0.15, 0.2) is 24.3 Å². The Morgan fingerprint density at radius 2 is 1.71 bits per heavy atom. The summed E-state index contributed by atoms with van der Waals surface area (Å²) in [6.45, 7) is 6.05. The second-order valence-corrected chi connectivity index (χ2v) is 5.41. The van der Waals surface area contributed by atoms with Crippen LogP contribution in [0.5, 0.6) is 17.2 Å². The molecule has 0 saturated carbocycles. The molecule has 0 unspecified atom stereocenters. The number of methoxy groups -OCH3 is 1. The summed E-state index contributed by atoms with van der Waals surface area (Å²) < 4.78 is 5.20. The Kier molecular flexibility index (Phi) is 4.41. The van der Waals surface area contributed by atoms with E-state index in [2.05, 4.69) is 6.92 Å². The van der Waals surface area contributed by atoms with Gasteiger partial charge in [-0.15, -0.1) is 0 Å². The van der Waals surface area contributed by atoms with Gasteiger partial charge in [-0.1, -0.05) is 13.3 Å². The second kappa shape index (κ2) is 6.08. The number of ether oxygens (including phenoxy) is 1. The van der Waals surface area contributed by atoms with Crippen molar-refractivity contribution >= 4 is 0 Å². The van der Waals surface area contributed by atoms with Gasteiger partial charge in [0.15, 0.2) is 11.5 Å². The number of hydrogen-bond donors (Lipinski definition) is 2. The van der Waals surface area contributed by atoms with Gasteiger partial charge in [0.05, 0.1) is 7.11 Å². The highest BCUT2D eigenvalue weighted by molar-refractivity contribution is 5.79. The van der Waals surface area contributed by atoms with Crippen LogP contribution in [0.3, 0.4) is 0 Å². The monoisotopic (exact) mass is 286 g/mol. The lowest BCUT2D eigenvalue weighted by molar-refractivity contribution is 0.374. The van der Waals surface area contributed by atoms with Gasteiger partial charge < -0.3 is 14.9 Å². The minimum absolute atomic E-state index is 0.0599. The van der Waals surface area contributed by atoms with E-state index >= 15 is 0 Å². The maximum absolute atomic E-state index is 10.3. The predicted molar refractivity (Wildman–Crippen MR) is 85.2 cm³/mol. The molecule has 0 aliphatic heterocycles. The lowest BCUT2D eigenvalue weighted by Gasteiger charge is -2.14. The molecule has 0 radical (unpaired) electrons. The van der Waals surface area contributed by atoms with Crippen molar-refractivity contribution in [3.05, 3.63) is 41.0 Å². The molecule has 3 heteroatoms. The van der Waals surface area contributed by atoms with Gasteiger partial charge in [0.25, 0.3) is 0 Å². The molecule has 0 heterocycles. The van der Waals surface area contributed by atoms with Crippen molar-refractivity contribution in [2.75, 3.05) is 7.11 Å². The number of phenols is 2. The number of rotatable bonds is 4. The van der Waals surface area contributed by atoms with Gasteiger partial charge in [0.1, 0.15) is 5.75 Å². The first-order valence-electron chi connectivity index (χ1n) is 7.18. The molecule has 0 fully saturated rings. The molecule has 2 rings (SSSR count). The zero-order chi connectivity index (χ0) is 15.6. The van der Waals surface area contributed by atoms with Crippen LogP contribution in [-0.2, 0) is 6.42 Å². The fourth-order valence-electron chi connectivity index (χ4n) is 2.60. The SMILES string of the molecule is CCCc1cc(-c2cc(C)cc(OC)c2O)c(O)cc1C. The third-order valence-electron chi connectivity index (χ3n) is 3.70. The van der Waals surface area contributed by atoms with Crippen LogP contribution in [-0.4, -0.2) is 17.3 Å². The maximum atomic E-state index is 10.3. The summed E-state index contributed by atoms with van der Waals surface area (Å²) in [5.41, 5.74) is 4.46. The molecule has 21 heavy (non-hydrogen) atoms. The summed E-state index contributed by atoms with van der Waals surface area (Å²) in [4.78, 5) is 0. The Bertz CT molecular complexity index is 660. The molecule has 0 bridgehead atoms. The van der Waals surface area contributed by atoms with Gasteiger partial charge in [-0.3, -0.25) is 0 Å². The molecule has 0 aromatic heterocycles. The Hall–Kier alpha value is -2.16. The Balaban J connectivity index is 2.66. The van der Waals surface area contributed by atoms with Crippen molar-refractivity contribution in [1.82, 2.24) is 0 Å². The predicted octanol–water partition coefficient (Wildman–Crippen LogP) is 4.34. The third-order valence-corrected chi connectivity index (χ3v) is 3.70. The molecule has 0 atom stereocenters. The van der Waals surface area contributed by atoms with Crippen LogP contribution in [0, 0.1) is 13.8 Å². The summed E-state index contributed by atoms with van der Waals surface area (Å²) in [5.74, 6) is 0.655. The molecule has 0 aliphatic rings. The van der Waals surface area contributed by atoms with Gasteiger partial charge in [0, 0.05) is 11.1 Å². The van der Waals surface area contributed by atoms with Crippen LogP contribution in [0.2, 0.25) is 0 Å². The molecule has 2 N–H and O–H groups in total. The molecule has 0 spiro atoms. The number of aromatic hydroxyl groups is 2. The lowest BCUT2D eigenvalue weighted by Crippen LogP contribution is -1.93. The summed E-state index contributed by atoms with van der Waals surface area (Å²) >= 11 is 0. The number of benzene rings is 2. The standard InChI is InChI=1S/C18H22O3/c1-5-6-13-10-14(16(19)9-12(13)3)15-7-11(2)8-17(21-4)18(15)20/h7-10,19-20H,5-6H2,1-4H3. The van der Waals surface area contributed by atoms with Gasteiger partial charge in [0.2, 0.25) is 0 Å². The van der Waals surface area contributed by atoms with Gasteiger partial charge in [-0.05, 0) is 61.2 Å². The normalized spacial score (nSPS) is 10.7. The zero-order valence-corrected chi connectivity index (χ0v) is 13.0. The lowest BCUT2D eigenvalue weighted by atomic mass is 9.94. The molecule has 0 amide bonds. The highest BCUT2D eigenvalue weighted by atomic mass is 16.5. The molecule has 0 saturated heterocycles. The summed E-state index contributed by atoms with van der Waals surface area (Å²) in [6, 6.07) is 7.35. The van der Waals surface area contributed by atoms with E-state index in [0.717, 1.165) is 24.0 Å². The van der Waals surface area contributed by atoms with E-state index in [-0.39, 0.29) is 11.5 Å². The minimum atomic E-state index is 0.0599. The first-order valence-corrected chi connectivity index (χ1v) is 7.18. The third kappa shape index (κ3) is 2.97. The average Bonchev–Trinajstić information content (AvgIpc) is 2.44. The van der Waals surface area contributed by atoms with Crippen molar-refractivity contribution in [1.29, 1.82) is 0 Å². The smallest absolute Gasteiger partial charge is 0.165 e. The minimum Gasteiger partial charge on any atom is -0.507 e. The number of hydrogen-bond acceptors (Lipinski definition) is 3. The molecule has 3 nitrogen and oxygen atoms in total. The summed E-state index contributed by atoms with van der Waals surface area (Å²) in [6.07, 6.45) is 1.98. The van der Waals surface area contributed by atoms with Crippen molar-refractivity contribution in [2.45, 2.75) is 33.6 Å². The summed E-state index contributed by atoms with van der Waals surface area (Å²) in [7, 11) is 1.52. The largest absolute Gasteiger partial charge is 0.507 e. The fourth-order valence-corrected chi connectivity index (χ4v) is 2.60. The first-order chi connectivity index (χ1) is 9.97. The summed E-state index contributed by atoms with van der Waals surface area (Å²) in [5, 5.41) is 20.6. The maximum Gasteiger partial charge on any atom is 0.165 e. The van der Waals surface area contributed by atoms with E-state index in [4.69, 9.17) is 4.74 Å². The van der Waals surface area contributed by atoms with Crippen LogP contribution in [0.4, 0.5) is 0 Å². The van der Waals surface area contributed by atoms with E-state index < -0.39 is 0 Å². The first kappa shape index (κ1) is 15.2. The van der Waals surface area contributed by atoms with Gasteiger partial charge in [-0.2, -0.15) is 0 Å². The second-order valence-electron chi connectivity index (χ2n) is 5.41. The molecule has 2 aromatic rings.